The van der Waals surface area contributed by atoms with Crippen molar-refractivity contribution >= 4 is 23.0 Å². The molecular formula is C13H20ClN3O2. The van der Waals surface area contributed by atoms with Gasteiger partial charge in [-0.2, -0.15) is 0 Å². The number of hydrogen-bond acceptors (Lipinski definition) is 4. The number of halogens is 1. The van der Waals surface area contributed by atoms with Crippen LogP contribution in [0.5, 0.6) is 0 Å². The van der Waals surface area contributed by atoms with Gasteiger partial charge in [0.15, 0.2) is 0 Å². The number of likely N-dealkylation sites (N-methyl/N-ethyl adjacent to an activating group) is 1. The SMILES string of the molecule is CC(C)C(CN(C)C)Nc1cccc(Cl)c1[N+](=O)[O-]. The highest BCUT2D eigenvalue weighted by Gasteiger charge is 2.22. The first kappa shape index (κ1) is 15.7. The lowest BCUT2D eigenvalue weighted by Gasteiger charge is -2.26. The summed E-state index contributed by atoms with van der Waals surface area (Å²) in [5.74, 6) is 0.348. The van der Waals surface area contributed by atoms with E-state index in [9.17, 15) is 10.1 Å². The van der Waals surface area contributed by atoms with Crippen LogP contribution in [0.1, 0.15) is 13.8 Å². The number of para-hydroxylation sites is 1. The Hall–Kier alpha value is -1.33. The maximum atomic E-state index is 11.1. The van der Waals surface area contributed by atoms with E-state index in [0.717, 1.165) is 6.54 Å². The summed E-state index contributed by atoms with van der Waals surface area (Å²) in [6, 6.07) is 5.05. The second-order valence-electron chi connectivity index (χ2n) is 5.15. The highest BCUT2D eigenvalue weighted by atomic mass is 35.5. The molecule has 0 saturated heterocycles. The van der Waals surface area contributed by atoms with Crippen molar-refractivity contribution in [3.63, 3.8) is 0 Å². The zero-order valence-electron chi connectivity index (χ0n) is 11.7. The molecule has 0 aliphatic carbocycles. The van der Waals surface area contributed by atoms with Crippen molar-refractivity contribution in [2.45, 2.75) is 19.9 Å². The summed E-state index contributed by atoms with van der Waals surface area (Å²) in [6.45, 7) is 4.95. The van der Waals surface area contributed by atoms with Crippen molar-refractivity contribution in [2.75, 3.05) is 26.0 Å². The number of nitrogens with zero attached hydrogens (tertiary/aromatic N) is 2. The van der Waals surface area contributed by atoms with Crippen LogP contribution < -0.4 is 5.32 Å². The fourth-order valence-electron chi connectivity index (χ4n) is 1.83. The normalized spacial score (nSPS) is 12.8. The molecule has 1 unspecified atom stereocenters. The molecular weight excluding hydrogens is 266 g/mol. The minimum absolute atomic E-state index is 0.0615. The van der Waals surface area contributed by atoms with Crippen molar-refractivity contribution < 1.29 is 4.92 Å². The monoisotopic (exact) mass is 285 g/mol. The molecule has 0 aliphatic rings. The van der Waals surface area contributed by atoms with Gasteiger partial charge in [-0.25, -0.2) is 0 Å². The average molecular weight is 286 g/mol. The Bertz CT molecular complexity index is 450. The Morgan fingerprint density at radius 1 is 1.42 bits per heavy atom. The van der Waals surface area contributed by atoms with Gasteiger partial charge in [-0.15, -0.1) is 0 Å². The molecule has 0 aromatic heterocycles. The van der Waals surface area contributed by atoms with Gasteiger partial charge in [-0.3, -0.25) is 10.1 Å². The van der Waals surface area contributed by atoms with E-state index >= 15 is 0 Å². The Kier molecular flexibility index (Phi) is 5.57. The molecule has 0 aliphatic heterocycles. The third kappa shape index (κ3) is 4.36. The lowest BCUT2D eigenvalue weighted by molar-refractivity contribution is -0.383. The zero-order chi connectivity index (χ0) is 14.6. The summed E-state index contributed by atoms with van der Waals surface area (Å²) < 4.78 is 0. The van der Waals surface area contributed by atoms with Crippen molar-refractivity contribution in [1.29, 1.82) is 0 Å². The molecule has 1 rings (SSSR count). The van der Waals surface area contributed by atoms with Crippen molar-refractivity contribution in [1.82, 2.24) is 4.90 Å². The minimum Gasteiger partial charge on any atom is -0.375 e. The van der Waals surface area contributed by atoms with Crippen LogP contribution in [-0.2, 0) is 0 Å². The van der Waals surface area contributed by atoms with E-state index in [4.69, 9.17) is 11.6 Å². The molecule has 0 radical (unpaired) electrons. The quantitative estimate of drug-likeness (QED) is 0.644. The van der Waals surface area contributed by atoms with Crippen molar-refractivity contribution in [3.05, 3.63) is 33.3 Å². The lowest BCUT2D eigenvalue weighted by Crippen LogP contribution is -2.36. The zero-order valence-corrected chi connectivity index (χ0v) is 12.4. The molecule has 1 aromatic rings. The summed E-state index contributed by atoms with van der Waals surface area (Å²) in [4.78, 5) is 12.7. The first-order chi connectivity index (χ1) is 8.82. The number of anilines is 1. The van der Waals surface area contributed by atoms with Gasteiger partial charge in [-0.1, -0.05) is 31.5 Å². The van der Waals surface area contributed by atoms with Gasteiger partial charge in [0.25, 0.3) is 0 Å². The number of nitro benzene ring substituents is 1. The third-order valence-electron chi connectivity index (χ3n) is 2.88. The van der Waals surface area contributed by atoms with E-state index in [-0.39, 0.29) is 16.8 Å². The van der Waals surface area contributed by atoms with E-state index in [1.54, 1.807) is 12.1 Å². The standard InChI is InChI=1S/C13H20ClN3O2/c1-9(2)12(8-16(3)4)15-11-7-5-6-10(14)13(11)17(18)19/h5-7,9,12,15H,8H2,1-4H3. The van der Waals surface area contributed by atoms with Gasteiger partial charge in [-0.05, 0) is 32.1 Å². The Morgan fingerprint density at radius 3 is 2.53 bits per heavy atom. The van der Waals surface area contributed by atoms with E-state index in [0.29, 0.717) is 11.6 Å². The van der Waals surface area contributed by atoms with Crippen LogP contribution >= 0.6 is 11.6 Å². The van der Waals surface area contributed by atoms with Crippen molar-refractivity contribution in [2.24, 2.45) is 5.92 Å². The molecule has 0 saturated carbocycles. The fraction of sp³-hybridized carbons (Fsp3) is 0.538. The van der Waals surface area contributed by atoms with E-state index < -0.39 is 4.92 Å². The smallest absolute Gasteiger partial charge is 0.310 e. The molecule has 0 spiro atoms. The number of benzene rings is 1. The predicted octanol–water partition coefficient (Wildman–Crippen LogP) is 3.25. The average Bonchev–Trinajstić information content (AvgIpc) is 2.26. The molecule has 19 heavy (non-hydrogen) atoms. The van der Waals surface area contributed by atoms with Gasteiger partial charge < -0.3 is 10.2 Å². The highest BCUT2D eigenvalue weighted by molar-refractivity contribution is 6.33. The highest BCUT2D eigenvalue weighted by Crippen LogP contribution is 2.33. The van der Waals surface area contributed by atoms with Crippen LogP contribution in [0.3, 0.4) is 0 Å². The first-order valence-corrected chi connectivity index (χ1v) is 6.55. The van der Waals surface area contributed by atoms with Crippen LogP contribution in [0.4, 0.5) is 11.4 Å². The number of nitrogens with one attached hydrogen (secondary N) is 1. The summed E-state index contributed by atoms with van der Waals surface area (Å²) in [6.07, 6.45) is 0. The van der Waals surface area contributed by atoms with E-state index in [1.807, 2.05) is 19.0 Å². The summed E-state index contributed by atoms with van der Waals surface area (Å²) in [5.41, 5.74) is 0.409. The fourth-order valence-corrected chi connectivity index (χ4v) is 2.08. The van der Waals surface area contributed by atoms with Gasteiger partial charge in [0, 0.05) is 12.6 Å². The van der Waals surface area contributed by atoms with Crippen molar-refractivity contribution in [3.8, 4) is 0 Å². The topological polar surface area (TPSA) is 58.4 Å². The molecule has 0 amide bonds. The molecule has 0 fully saturated rings. The first-order valence-electron chi connectivity index (χ1n) is 6.17. The Balaban J connectivity index is 3.02. The largest absolute Gasteiger partial charge is 0.375 e. The molecule has 106 valence electrons. The number of hydrogen-bond donors (Lipinski definition) is 1. The molecule has 1 atom stereocenters. The second-order valence-corrected chi connectivity index (χ2v) is 5.56. The van der Waals surface area contributed by atoms with Gasteiger partial charge in [0.1, 0.15) is 10.7 Å². The molecule has 5 nitrogen and oxygen atoms in total. The molecule has 6 heteroatoms. The maximum Gasteiger partial charge on any atom is 0.310 e. The van der Waals surface area contributed by atoms with E-state index in [1.165, 1.54) is 6.07 Å². The Morgan fingerprint density at radius 2 is 2.05 bits per heavy atom. The molecule has 1 aromatic carbocycles. The summed E-state index contributed by atoms with van der Waals surface area (Å²) in [7, 11) is 3.95. The van der Waals surface area contributed by atoms with Gasteiger partial charge >= 0.3 is 5.69 Å². The van der Waals surface area contributed by atoms with E-state index in [2.05, 4.69) is 19.2 Å². The summed E-state index contributed by atoms with van der Waals surface area (Å²) >= 11 is 5.90. The lowest BCUT2D eigenvalue weighted by atomic mass is 10.0. The summed E-state index contributed by atoms with van der Waals surface area (Å²) in [5, 5.41) is 14.5. The molecule has 1 N–H and O–H groups in total. The third-order valence-corrected chi connectivity index (χ3v) is 3.18. The van der Waals surface area contributed by atoms with Crippen LogP contribution in [0, 0.1) is 16.0 Å². The number of rotatable bonds is 6. The van der Waals surface area contributed by atoms with Crippen LogP contribution in [0.15, 0.2) is 18.2 Å². The predicted molar refractivity (Wildman–Crippen MR) is 78.9 cm³/mol. The number of nitro groups is 1. The van der Waals surface area contributed by atoms with Crippen LogP contribution in [0.25, 0.3) is 0 Å². The molecule has 0 heterocycles. The maximum absolute atomic E-state index is 11.1. The minimum atomic E-state index is -0.447. The Labute approximate surface area is 118 Å². The molecule has 0 bridgehead atoms. The van der Waals surface area contributed by atoms with Gasteiger partial charge in [0.05, 0.1) is 4.92 Å². The van der Waals surface area contributed by atoms with Crippen LogP contribution in [-0.4, -0.2) is 36.5 Å². The van der Waals surface area contributed by atoms with Crippen LogP contribution in [0.2, 0.25) is 5.02 Å². The second kappa shape index (κ2) is 6.73. The van der Waals surface area contributed by atoms with Gasteiger partial charge in [0.2, 0.25) is 0 Å².